The third kappa shape index (κ3) is 4.25. The van der Waals surface area contributed by atoms with Crippen molar-refractivity contribution in [3.8, 4) is 5.75 Å². The number of methoxy groups -OCH3 is 1. The average molecular weight is 448 g/mol. The molecule has 0 aliphatic carbocycles. The van der Waals surface area contributed by atoms with Crippen LogP contribution in [0.5, 0.6) is 5.75 Å². The lowest BCUT2D eigenvalue weighted by molar-refractivity contribution is -0.120. The van der Waals surface area contributed by atoms with Crippen LogP contribution in [0.15, 0.2) is 50.2 Å². The van der Waals surface area contributed by atoms with Crippen molar-refractivity contribution in [1.82, 2.24) is 5.32 Å². The average Bonchev–Trinajstić information content (AvgIpc) is 3.21. The summed E-state index contributed by atoms with van der Waals surface area (Å²) in [4.78, 5) is 25.4. The van der Waals surface area contributed by atoms with Gasteiger partial charge in [0.05, 0.1) is 30.7 Å². The summed E-state index contributed by atoms with van der Waals surface area (Å²) in [7, 11) is 1.61. The van der Waals surface area contributed by atoms with E-state index >= 15 is 0 Å². The van der Waals surface area contributed by atoms with E-state index in [1.165, 1.54) is 0 Å². The Morgan fingerprint density at radius 1 is 1.09 bits per heavy atom. The Balaban J connectivity index is 1.68. The summed E-state index contributed by atoms with van der Waals surface area (Å²) in [5, 5.41) is 4.64. The molecule has 0 spiro atoms. The summed E-state index contributed by atoms with van der Waals surface area (Å²) in [6.45, 7) is 10.6. The summed E-state index contributed by atoms with van der Waals surface area (Å²) in [6.07, 6.45) is 1.71. The molecule has 2 aromatic carbocycles. The highest BCUT2D eigenvalue weighted by molar-refractivity contribution is 6.07. The number of benzene rings is 2. The van der Waals surface area contributed by atoms with Gasteiger partial charge in [0, 0.05) is 17.5 Å². The van der Waals surface area contributed by atoms with E-state index in [1.54, 1.807) is 13.4 Å². The Bertz CT molecular complexity index is 1400. The molecule has 0 radical (unpaired) electrons. The van der Waals surface area contributed by atoms with Crippen LogP contribution in [-0.2, 0) is 23.2 Å². The zero-order chi connectivity index (χ0) is 23.9. The molecule has 6 nitrogen and oxygen atoms in total. The molecule has 1 N–H and O–H groups in total. The Labute approximate surface area is 192 Å². The quantitative estimate of drug-likeness (QED) is 0.419. The van der Waals surface area contributed by atoms with Crippen LogP contribution in [0, 0.1) is 13.8 Å². The Morgan fingerprint density at radius 3 is 2.42 bits per heavy atom. The normalized spacial score (nSPS) is 11.8. The molecule has 172 valence electrons. The minimum absolute atomic E-state index is 0.0670. The second kappa shape index (κ2) is 8.43. The first kappa shape index (κ1) is 22.6. The van der Waals surface area contributed by atoms with Gasteiger partial charge in [-0.05, 0) is 54.2 Å². The van der Waals surface area contributed by atoms with Crippen molar-refractivity contribution < 1.29 is 18.4 Å². The molecule has 33 heavy (non-hydrogen) atoms. The Hall–Kier alpha value is -3.54. The van der Waals surface area contributed by atoms with Gasteiger partial charge in [-0.3, -0.25) is 4.79 Å². The predicted molar refractivity (Wildman–Crippen MR) is 129 cm³/mol. The van der Waals surface area contributed by atoms with Crippen molar-refractivity contribution in [3.05, 3.63) is 74.8 Å². The molecule has 2 heterocycles. The molecule has 0 atom stereocenters. The zero-order valence-electron chi connectivity index (χ0n) is 19.9. The first-order valence-corrected chi connectivity index (χ1v) is 11.0. The largest absolute Gasteiger partial charge is 0.497 e. The molecular formula is C27H29NO5. The van der Waals surface area contributed by atoms with Gasteiger partial charge in [0.1, 0.15) is 16.9 Å². The van der Waals surface area contributed by atoms with E-state index in [9.17, 15) is 9.59 Å². The van der Waals surface area contributed by atoms with Gasteiger partial charge in [0.25, 0.3) is 0 Å². The van der Waals surface area contributed by atoms with Crippen molar-refractivity contribution in [2.75, 3.05) is 7.11 Å². The van der Waals surface area contributed by atoms with Crippen LogP contribution < -0.4 is 15.7 Å². The summed E-state index contributed by atoms with van der Waals surface area (Å²) < 4.78 is 16.8. The van der Waals surface area contributed by atoms with Crippen LogP contribution in [0.1, 0.15) is 48.6 Å². The number of fused-ring (bicyclic) bond motifs is 3. The van der Waals surface area contributed by atoms with Crippen molar-refractivity contribution in [3.63, 3.8) is 0 Å². The maximum absolute atomic E-state index is 12.8. The van der Waals surface area contributed by atoms with Crippen molar-refractivity contribution in [1.29, 1.82) is 0 Å². The molecule has 0 saturated heterocycles. The highest BCUT2D eigenvalue weighted by Crippen LogP contribution is 2.38. The van der Waals surface area contributed by atoms with Crippen LogP contribution in [0.3, 0.4) is 0 Å². The summed E-state index contributed by atoms with van der Waals surface area (Å²) in [5.74, 6) is 0.502. The van der Waals surface area contributed by atoms with Gasteiger partial charge in [0.15, 0.2) is 0 Å². The summed E-state index contributed by atoms with van der Waals surface area (Å²) in [6, 6.07) is 9.33. The van der Waals surface area contributed by atoms with E-state index in [-0.39, 0.29) is 17.7 Å². The number of ether oxygens (including phenoxy) is 1. The molecule has 4 aromatic rings. The second-order valence-corrected chi connectivity index (χ2v) is 9.46. The molecular weight excluding hydrogens is 418 g/mol. The lowest BCUT2D eigenvalue weighted by Gasteiger charge is -2.17. The number of nitrogens with one attached hydrogen (secondary N) is 1. The van der Waals surface area contributed by atoms with E-state index in [0.717, 1.165) is 33.2 Å². The molecule has 6 heteroatoms. The molecule has 1 amide bonds. The third-order valence-corrected chi connectivity index (χ3v) is 6.08. The molecule has 0 bridgehead atoms. The van der Waals surface area contributed by atoms with Gasteiger partial charge in [-0.2, -0.15) is 0 Å². The van der Waals surface area contributed by atoms with E-state index in [1.807, 2.05) is 44.2 Å². The van der Waals surface area contributed by atoms with Gasteiger partial charge in [-0.25, -0.2) is 4.79 Å². The SMILES string of the molecule is COc1ccc(CNC(=O)Cc2c(C)c3c(cc(C)c4c(C(C)(C)C)coc43)oc2=O)cc1. The molecule has 0 aliphatic heterocycles. The number of rotatable bonds is 5. The lowest BCUT2D eigenvalue weighted by Crippen LogP contribution is -2.27. The molecule has 0 aliphatic rings. The number of furan rings is 1. The topological polar surface area (TPSA) is 81.7 Å². The highest BCUT2D eigenvalue weighted by Gasteiger charge is 2.25. The number of carbonyl (C=O) groups is 1. The van der Waals surface area contributed by atoms with Gasteiger partial charge in [-0.1, -0.05) is 32.9 Å². The van der Waals surface area contributed by atoms with Gasteiger partial charge >= 0.3 is 5.63 Å². The van der Waals surface area contributed by atoms with Crippen LogP contribution >= 0.6 is 0 Å². The van der Waals surface area contributed by atoms with Crippen LogP contribution in [0.25, 0.3) is 21.9 Å². The van der Waals surface area contributed by atoms with E-state index < -0.39 is 5.63 Å². The first-order chi connectivity index (χ1) is 15.6. The fourth-order valence-corrected chi connectivity index (χ4v) is 4.21. The van der Waals surface area contributed by atoms with Gasteiger partial charge in [0.2, 0.25) is 5.91 Å². The van der Waals surface area contributed by atoms with Gasteiger partial charge < -0.3 is 18.9 Å². The van der Waals surface area contributed by atoms with Crippen molar-refractivity contribution in [2.24, 2.45) is 0 Å². The predicted octanol–water partition coefficient (Wildman–Crippen LogP) is 5.32. The number of hydrogen-bond acceptors (Lipinski definition) is 5. The molecule has 4 rings (SSSR count). The minimum Gasteiger partial charge on any atom is -0.497 e. The number of amides is 1. The number of aryl methyl sites for hydroxylation is 2. The standard InChI is InChI=1S/C27H29NO5/c1-15-11-21-24(25-23(15)20(14-32-25)27(3,4)5)16(2)19(26(30)33-21)12-22(29)28-13-17-7-9-18(31-6)10-8-17/h7-11,14H,12-13H2,1-6H3,(H,28,29). The third-order valence-electron chi connectivity index (χ3n) is 6.08. The first-order valence-electron chi connectivity index (χ1n) is 11.0. The Morgan fingerprint density at radius 2 is 1.79 bits per heavy atom. The highest BCUT2D eigenvalue weighted by atomic mass is 16.5. The lowest BCUT2D eigenvalue weighted by atomic mass is 9.85. The molecule has 2 aromatic heterocycles. The fraction of sp³-hybridized carbons (Fsp3) is 0.333. The van der Waals surface area contributed by atoms with Gasteiger partial charge in [-0.15, -0.1) is 0 Å². The van der Waals surface area contributed by atoms with Crippen LogP contribution in [0.4, 0.5) is 0 Å². The Kier molecular flexibility index (Phi) is 5.78. The second-order valence-electron chi connectivity index (χ2n) is 9.46. The van der Waals surface area contributed by atoms with Crippen LogP contribution in [-0.4, -0.2) is 13.0 Å². The van der Waals surface area contributed by atoms with Crippen molar-refractivity contribution in [2.45, 2.75) is 53.0 Å². The van der Waals surface area contributed by atoms with E-state index in [0.29, 0.717) is 28.8 Å². The number of carbonyl (C=O) groups excluding carboxylic acids is 1. The maximum Gasteiger partial charge on any atom is 0.340 e. The smallest absolute Gasteiger partial charge is 0.340 e. The summed E-state index contributed by atoms with van der Waals surface area (Å²) in [5.41, 5.74) is 4.64. The molecule has 0 unspecified atom stereocenters. The van der Waals surface area contributed by atoms with E-state index in [2.05, 4.69) is 26.1 Å². The zero-order valence-corrected chi connectivity index (χ0v) is 19.9. The monoisotopic (exact) mass is 447 g/mol. The van der Waals surface area contributed by atoms with Crippen LogP contribution in [0.2, 0.25) is 0 Å². The maximum atomic E-state index is 12.8. The molecule has 0 saturated carbocycles. The minimum atomic E-state index is -0.499. The summed E-state index contributed by atoms with van der Waals surface area (Å²) >= 11 is 0. The van der Waals surface area contributed by atoms with E-state index in [4.69, 9.17) is 13.6 Å². The molecule has 0 fully saturated rings. The fourth-order valence-electron chi connectivity index (χ4n) is 4.21. The van der Waals surface area contributed by atoms with Crippen molar-refractivity contribution >= 4 is 27.8 Å². The number of hydrogen-bond donors (Lipinski definition) is 1.